The van der Waals surface area contributed by atoms with Crippen LogP contribution in [0.1, 0.15) is 12.8 Å². The Morgan fingerprint density at radius 2 is 2.05 bits per heavy atom. The average molecular weight is 289 g/mol. The molecule has 2 aliphatic rings. The van der Waals surface area contributed by atoms with Crippen LogP contribution in [0.2, 0.25) is 0 Å². The number of carbonyl (C=O) groups excluding carboxylic acids is 1. The molecule has 0 aromatic heterocycles. The zero-order valence-electron chi connectivity index (χ0n) is 12.4. The van der Waals surface area contributed by atoms with Crippen molar-refractivity contribution in [1.82, 2.24) is 10.2 Å². The number of hydrogen-bond donors (Lipinski definition) is 1. The van der Waals surface area contributed by atoms with Crippen LogP contribution < -0.4 is 15.0 Å². The van der Waals surface area contributed by atoms with E-state index in [1.807, 2.05) is 29.2 Å². The molecule has 3 rings (SSSR count). The topological polar surface area (TPSA) is 44.8 Å². The number of benzene rings is 1. The van der Waals surface area contributed by atoms with Gasteiger partial charge in [-0.2, -0.15) is 0 Å². The molecule has 2 aliphatic heterocycles. The van der Waals surface area contributed by atoms with Crippen LogP contribution in [-0.2, 0) is 4.79 Å². The van der Waals surface area contributed by atoms with Crippen molar-refractivity contribution in [3.8, 4) is 5.75 Å². The Bertz CT molecular complexity index is 484. The van der Waals surface area contributed by atoms with Crippen LogP contribution in [0.5, 0.6) is 5.75 Å². The third-order valence-corrected chi connectivity index (χ3v) is 4.03. The molecule has 1 saturated heterocycles. The summed E-state index contributed by atoms with van der Waals surface area (Å²) in [5.41, 5.74) is 0.910. The summed E-state index contributed by atoms with van der Waals surface area (Å²) < 4.78 is 5.72. The van der Waals surface area contributed by atoms with Gasteiger partial charge in [0.25, 0.3) is 0 Å². The van der Waals surface area contributed by atoms with Gasteiger partial charge >= 0.3 is 0 Å². The first-order chi connectivity index (χ1) is 10.3. The van der Waals surface area contributed by atoms with Gasteiger partial charge in [0.1, 0.15) is 5.75 Å². The third-order valence-electron chi connectivity index (χ3n) is 4.03. The van der Waals surface area contributed by atoms with E-state index in [1.54, 1.807) is 0 Å². The maximum absolute atomic E-state index is 12.7. The molecule has 0 unspecified atom stereocenters. The normalized spacial score (nSPS) is 20.1. The van der Waals surface area contributed by atoms with Crippen molar-refractivity contribution < 1.29 is 9.53 Å². The average Bonchev–Trinajstić information content (AvgIpc) is 2.87. The Hall–Kier alpha value is -1.59. The summed E-state index contributed by atoms with van der Waals surface area (Å²) in [6, 6.07) is 7.83. The van der Waals surface area contributed by atoms with Gasteiger partial charge in [-0.15, -0.1) is 0 Å². The largest absolute Gasteiger partial charge is 0.491 e. The molecule has 114 valence electrons. The van der Waals surface area contributed by atoms with Crippen molar-refractivity contribution in [2.75, 3.05) is 50.8 Å². The van der Waals surface area contributed by atoms with Crippen LogP contribution in [0.3, 0.4) is 0 Å². The minimum Gasteiger partial charge on any atom is -0.491 e. The molecule has 2 heterocycles. The fourth-order valence-electron chi connectivity index (χ4n) is 2.92. The van der Waals surface area contributed by atoms with Gasteiger partial charge in [-0.25, -0.2) is 0 Å². The molecule has 0 radical (unpaired) electrons. The quantitative estimate of drug-likeness (QED) is 0.885. The number of nitrogens with zero attached hydrogens (tertiary/aromatic N) is 2. The summed E-state index contributed by atoms with van der Waals surface area (Å²) in [6.07, 6.45) is 1.98. The number of amides is 1. The van der Waals surface area contributed by atoms with Crippen molar-refractivity contribution in [3.63, 3.8) is 0 Å². The van der Waals surface area contributed by atoms with Gasteiger partial charge in [0.05, 0.1) is 18.8 Å². The van der Waals surface area contributed by atoms with E-state index in [9.17, 15) is 4.79 Å². The fraction of sp³-hybridized carbons (Fsp3) is 0.562. The Balaban J connectivity index is 1.71. The molecule has 5 heteroatoms. The van der Waals surface area contributed by atoms with Gasteiger partial charge < -0.3 is 15.0 Å². The number of nitrogens with one attached hydrogen (secondary N) is 1. The molecular formula is C16H23N3O2. The van der Waals surface area contributed by atoms with Crippen LogP contribution in [0, 0.1) is 0 Å². The summed E-state index contributed by atoms with van der Waals surface area (Å²) in [6.45, 7) is 5.85. The highest BCUT2D eigenvalue weighted by atomic mass is 16.5. The van der Waals surface area contributed by atoms with Gasteiger partial charge in [-0.1, -0.05) is 12.1 Å². The van der Waals surface area contributed by atoms with Gasteiger partial charge in [0, 0.05) is 19.6 Å². The van der Waals surface area contributed by atoms with E-state index < -0.39 is 0 Å². The number of rotatable bonds is 2. The highest BCUT2D eigenvalue weighted by molar-refractivity contribution is 5.96. The van der Waals surface area contributed by atoms with E-state index in [4.69, 9.17) is 4.74 Å². The van der Waals surface area contributed by atoms with Crippen LogP contribution in [0.15, 0.2) is 24.3 Å². The number of fused-ring (bicyclic) bond motifs is 1. The second-order valence-corrected chi connectivity index (χ2v) is 5.59. The van der Waals surface area contributed by atoms with Gasteiger partial charge in [0.2, 0.25) is 5.91 Å². The molecule has 21 heavy (non-hydrogen) atoms. The number of ether oxygens (including phenoxy) is 1. The van der Waals surface area contributed by atoms with Crippen molar-refractivity contribution in [3.05, 3.63) is 24.3 Å². The van der Waals surface area contributed by atoms with Crippen LogP contribution in [0.4, 0.5) is 5.69 Å². The molecule has 0 atom stereocenters. The lowest BCUT2D eigenvalue weighted by Gasteiger charge is -2.26. The predicted octanol–water partition coefficient (Wildman–Crippen LogP) is 1.10. The number of hydrogen-bond acceptors (Lipinski definition) is 4. The Morgan fingerprint density at radius 3 is 3.00 bits per heavy atom. The maximum Gasteiger partial charge on any atom is 0.241 e. The van der Waals surface area contributed by atoms with Gasteiger partial charge in [0.15, 0.2) is 0 Å². The second kappa shape index (κ2) is 6.91. The van der Waals surface area contributed by atoms with E-state index in [1.165, 1.54) is 0 Å². The van der Waals surface area contributed by atoms with Crippen molar-refractivity contribution in [2.24, 2.45) is 0 Å². The molecule has 1 aromatic rings. The van der Waals surface area contributed by atoms with Crippen LogP contribution >= 0.6 is 0 Å². The smallest absolute Gasteiger partial charge is 0.241 e. The highest BCUT2D eigenvalue weighted by Crippen LogP contribution is 2.30. The van der Waals surface area contributed by atoms with Crippen molar-refractivity contribution in [2.45, 2.75) is 12.8 Å². The van der Waals surface area contributed by atoms with Gasteiger partial charge in [-0.3, -0.25) is 9.69 Å². The zero-order chi connectivity index (χ0) is 14.5. The van der Waals surface area contributed by atoms with E-state index in [2.05, 4.69) is 10.2 Å². The lowest BCUT2D eigenvalue weighted by molar-refractivity contribution is -0.119. The highest BCUT2D eigenvalue weighted by Gasteiger charge is 2.23. The first-order valence-corrected chi connectivity index (χ1v) is 7.80. The Morgan fingerprint density at radius 1 is 1.14 bits per heavy atom. The van der Waals surface area contributed by atoms with E-state index >= 15 is 0 Å². The lowest BCUT2D eigenvalue weighted by Crippen LogP contribution is -2.42. The predicted molar refractivity (Wildman–Crippen MR) is 82.8 cm³/mol. The molecule has 1 aromatic carbocycles. The first-order valence-electron chi connectivity index (χ1n) is 7.80. The first kappa shape index (κ1) is 14.4. The molecule has 5 nitrogen and oxygen atoms in total. The minimum atomic E-state index is 0.176. The summed E-state index contributed by atoms with van der Waals surface area (Å²) in [5.74, 6) is 0.996. The van der Waals surface area contributed by atoms with Crippen molar-refractivity contribution >= 4 is 11.6 Å². The Labute approximate surface area is 125 Å². The van der Waals surface area contributed by atoms with E-state index in [0.717, 1.165) is 57.0 Å². The summed E-state index contributed by atoms with van der Waals surface area (Å²) >= 11 is 0. The molecule has 1 N–H and O–H groups in total. The number of carbonyl (C=O) groups is 1. The molecule has 0 bridgehead atoms. The fourth-order valence-corrected chi connectivity index (χ4v) is 2.92. The molecule has 1 amide bonds. The summed E-state index contributed by atoms with van der Waals surface area (Å²) in [5, 5.41) is 3.37. The van der Waals surface area contributed by atoms with Gasteiger partial charge in [-0.05, 0) is 38.1 Å². The molecule has 1 fully saturated rings. The lowest BCUT2D eigenvalue weighted by atomic mass is 10.2. The maximum atomic E-state index is 12.7. The van der Waals surface area contributed by atoms with E-state index in [0.29, 0.717) is 13.2 Å². The second-order valence-electron chi connectivity index (χ2n) is 5.59. The molecule has 0 aliphatic carbocycles. The van der Waals surface area contributed by atoms with E-state index in [-0.39, 0.29) is 5.91 Å². The SMILES string of the molecule is O=C(CN1CCCNCC1)N1CCCOc2ccccc21. The molecule has 0 spiro atoms. The molecular weight excluding hydrogens is 266 g/mol. The monoisotopic (exact) mass is 289 g/mol. The number of anilines is 1. The standard InChI is InChI=1S/C16H23N3O2/c20-16(13-18-9-3-7-17-8-11-18)19-10-4-12-21-15-6-2-1-5-14(15)19/h1-2,5-6,17H,3-4,7-13H2. The zero-order valence-corrected chi connectivity index (χ0v) is 12.4. The van der Waals surface area contributed by atoms with Crippen molar-refractivity contribution in [1.29, 1.82) is 0 Å². The Kier molecular flexibility index (Phi) is 4.72. The summed E-state index contributed by atoms with van der Waals surface area (Å²) in [4.78, 5) is 16.8. The minimum absolute atomic E-state index is 0.176. The van der Waals surface area contributed by atoms with Crippen LogP contribution in [-0.4, -0.2) is 56.7 Å². The summed E-state index contributed by atoms with van der Waals surface area (Å²) in [7, 11) is 0. The molecule has 0 saturated carbocycles. The number of para-hydroxylation sites is 2. The van der Waals surface area contributed by atoms with Crippen LogP contribution in [0.25, 0.3) is 0 Å². The third kappa shape index (κ3) is 3.54.